The van der Waals surface area contributed by atoms with Crippen LogP contribution in [-0.4, -0.2) is 40.6 Å². The van der Waals surface area contributed by atoms with Crippen LogP contribution in [0.3, 0.4) is 0 Å². The Hall–Kier alpha value is -1.39. The standard InChI is InChI=1S/C14H20N2O2/c1-14(2)10-15-13(18)12(9-17)16(14)8-11-6-4-3-5-7-11/h3-7,12,17H,8-10H2,1-2H3,(H,15,18). The molecule has 1 unspecified atom stereocenters. The van der Waals surface area contributed by atoms with Gasteiger partial charge in [-0.05, 0) is 19.4 Å². The van der Waals surface area contributed by atoms with E-state index in [1.807, 2.05) is 30.3 Å². The van der Waals surface area contributed by atoms with Crippen molar-refractivity contribution in [3.05, 3.63) is 35.9 Å². The SMILES string of the molecule is CC1(C)CNC(=O)C(CO)N1Cc1ccccc1. The number of hydrogen-bond donors (Lipinski definition) is 2. The van der Waals surface area contributed by atoms with Crippen molar-refractivity contribution < 1.29 is 9.90 Å². The lowest BCUT2D eigenvalue weighted by molar-refractivity contribution is -0.137. The molecule has 0 spiro atoms. The Balaban J connectivity index is 2.22. The van der Waals surface area contributed by atoms with Gasteiger partial charge in [0.25, 0.3) is 0 Å². The van der Waals surface area contributed by atoms with Crippen LogP contribution in [0.4, 0.5) is 0 Å². The van der Waals surface area contributed by atoms with Crippen molar-refractivity contribution in [2.45, 2.75) is 32.0 Å². The van der Waals surface area contributed by atoms with Gasteiger partial charge in [-0.1, -0.05) is 30.3 Å². The van der Waals surface area contributed by atoms with Gasteiger partial charge in [0.2, 0.25) is 5.91 Å². The molecule has 4 nitrogen and oxygen atoms in total. The van der Waals surface area contributed by atoms with Crippen molar-refractivity contribution in [1.29, 1.82) is 0 Å². The number of hydrogen-bond acceptors (Lipinski definition) is 3. The number of aliphatic hydroxyl groups is 1. The fraction of sp³-hybridized carbons (Fsp3) is 0.500. The molecule has 1 heterocycles. The Morgan fingerprint density at radius 1 is 1.39 bits per heavy atom. The average Bonchev–Trinajstić information content (AvgIpc) is 2.36. The lowest BCUT2D eigenvalue weighted by Gasteiger charge is -2.46. The number of piperazine rings is 1. The molecule has 1 aromatic rings. The number of carbonyl (C=O) groups excluding carboxylic acids is 1. The number of nitrogens with one attached hydrogen (secondary N) is 1. The van der Waals surface area contributed by atoms with E-state index in [0.717, 1.165) is 5.56 Å². The highest BCUT2D eigenvalue weighted by atomic mass is 16.3. The van der Waals surface area contributed by atoms with Gasteiger partial charge in [-0.25, -0.2) is 0 Å². The Labute approximate surface area is 108 Å². The maximum atomic E-state index is 11.8. The second kappa shape index (κ2) is 5.08. The van der Waals surface area contributed by atoms with E-state index in [1.165, 1.54) is 0 Å². The smallest absolute Gasteiger partial charge is 0.239 e. The van der Waals surface area contributed by atoms with E-state index in [2.05, 4.69) is 24.1 Å². The van der Waals surface area contributed by atoms with Crippen LogP contribution in [0.15, 0.2) is 30.3 Å². The third-order valence-corrected chi connectivity index (χ3v) is 3.52. The normalized spacial score (nSPS) is 23.7. The van der Waals surface area contributed by atoms with Crippen LogP contribution in [0, 0.1) is 0 Å². The number of amides is 1. The molecule has 1 amide bonds. The summed E-state index contributed by atoms with van der Waals surface area (Å²) in [4.78, 5) is 13.9. The Bertz CT molecular complexity index is 417. The van der Waals surface area contributed by atoms with E-state index in [9.17, 15) is 9.90 Å². The zero-order valence-corrected chi connectivity index (χ0v) is 10.9. The van der Waals surface area contributed by atoms with Crippen LogP contribution in [0.1, 0.15) is 19.4 Å². The molecule has 2 rings (SSSR count). The number of benzene rings is 1. The van der Waals surface area contributed by atoms with Crippen LogP contribution >= 0.6 is 0 Å². The molecule has 1 saturated heterocycles. The summed E-state index contributed by atoms with van der Waals surface area (Å²) in [7, 11) is 0. The van der Waals surface area contributed by atoms with E-state index in [1.54, 1.807) is 0 Å². The Morgan fingerprint density at radius 3 is 2.67 bits per heavy atom. The quantitative estimate of drug-likeness (QED) is 0.830. The van der Waals surface area contributed by atoms with Crippen molar-refractivity contribution in [3.8, 4) is 0 Å². The number of aliphatic hydroxyl groups excluding tert-OH is 1. The molecule has 0 aromatic heterocycles. The first-order valence-electron chi connectivity index (χ1n) is 6.24. The first-order valence-corrected chi connectivity index (χ1v) is 6.24. The number of carbonyl (C=O) groups is 1. The molecule has 0 saturated carbocycles. The van der Waals surface area contributed by atoms with Crippen LogP contribution in [0.2, 0.25) is 0 Å². The predicted octanol–water partition coefficient (Wildman–Crippen LogP) is 0.758. The number of rotatable bonds is 3. The van der Waals surface area contributed by atoms with Crippen molar-refractivity contribution in [3.63, 3.8) is 0 Å². The summed E-state index contributed by atoms with van der Waals surface area (Å²) >= 11 is 0. The van der Waals surface area contributed by atoms with Crippen LogP contribution in [0.25, 0.3) is 0 Å². The largest absolute Gasteiger partial charge is 0.394 e. The highest BCUT2D eigenvalue weighted by molar-refractivity contribution is 5.83. The summed E-state index contributed by atoms with van der Waals surface area (Å²) in [5.74, 6) is -0.0900. The van der Waals surface area contributed by atoms with Gasteiger partial charge in [0.05, 0.1) is 6.61 Å². The van der Waals surface area contributed by atoms with E-state index in [-0.39, 0.29) is 18.1 Å². The topological polar surface area (TPSA) is 52.6 Å². The molecule has 98 valence electrons. The monoisotopic (exact) mass is 248 g/mol. The van der Waals surface area contributed by atoms with E-state index in [0.29, 0.717) is 13.1 Å². The van der Waals surface area contributed by atoms with E-state index in [4.69, 9.17) is 0 Å². The van der Waals surface area contributed by atoms with Crippen molar-refractivity contribution >= 4 is 5.91 Å². The van der Waals surface area contributed by atoms with Crippen LogP contribution in [-0.2, 0) is 11.3 Å². The van der Waals surface area contributed by atoms with Gasteiger partial charge < -0.3 is 10.4 Å². The molecule has 0 bridgehead atoms. The van der Waals surface area contributed by atoms with Gasteiger partial charge >= 0.3 is 0 Å². The number of nitrogens with zero attached hydrogens (tertiary/aromatic N) is 1. The summed E-state index contributed by atoms with van der Waals surface area (Å²) in [6.45, 7) is 5.29. The molecule has 1 atom stereocenters. The lowest BCUT2D eigenvalue weighted by Crippen LogP contribution is -2.66. The second-order valence-corrected chi connectivity index (χ2v) is 5.34. The molecule has 2 N–H and O–H groups in total. The van der Waals surface area contributed by atoms with Gasteiger partial charge in [0.1, 0.15) is 6.04 Å². The minimum Gasteiger partial charge on any atom is -0.394 e. The fourth-order valence-electron chi connectivity index (χ4n) is 2.37. The van der Waals surface area contributed by atoms with Crippen LogP contribution < -0.4 is 5.32 Å². The molecule has 18 heavy (non-hydrogen) atoms. The second-order valence-electron chi connectivity index (χ2n) is 5.34. The minimum atomic E-state index is -0.464. The maximum absolute atomic E-state index is 11.8. The molecule has 0 radical (unpaired) electrons. The third-order valence-electron chi connectivity index (χ3n) is 3.52. The average molecular weight is 248 g/mol. The van der Waals surface area contributed by atoms with Gasteiger partial charge in [0.15, 0.2) is 0 Å². The molecule has 1 aliphatic heterocycles. The Kier molecular flexibility index (Phi) is 3.68. The van der Waals surface area contributed by atoms with Gasteiger partial charge in [-0.15, -0.1) is 0 Å². The highest BCUT2D eigenvalue weighted by Crippen LogP contribution is 2.23. The molecule has 1 aliphatic rings. The third kappa shape index (κ3) is 2.54. The van der Waals surface area contributed by atoms with Crippen molar-refractivity contribution in [2.24, 2.45) is 0 Å². The van der Waals surface area contributed by atoms with E-state index >= 15 is 0 Å². The highest BCUT2D eigenvalue weighted by Gasteiger charge is 2.40. The zero-order valence-electron chi connectivity index (χ0n) is 10.9. The van der Waals surface area contributed by atoms with Gasteiger partial charge in [0, 0.05) is 18.6 Å². The molecule has 1 aromatic carbocycles. The Morgan fingerprint density at radius 2 is 2.06 bits per heavy atom. The van der Waals surface area contributed by atoms with Crippen LogP contribution in [0.5, 0.6) is 0 Å². The van der Waals surface area contributed by atoms with Crippen molar-refractivity contribution in [2.75, 3.05) is 13.2 Å². The fourth-order valence-corrected chi connectivity index (χ4v) is 2.37. The molecular weight excluding hydrogens is 228 g/mol. The molecule has 1 fully saturated rings. The summed E-state index contributed by atoms with van der Waals surface area (Å²) < 4.78 is 0. The molecular formula is C14H20N2O2. The van der Waals surface area contributed by atoms with Gasteiger partial charge in [-0.3, -0.25) is 9.69 Å². The zero-order chi connectivity index (χ0) is 13.2. The van der Waals surface area contributed by atoms with Gasteiger partial charge in [-0.2, -0.15) is 0 Å². The molecule has 0 aliphatic carbocycles. The lowest BCUT2D eigenvalue weighted by atomic mass is 9.95. The molecule has 4 heteroatoms. The summed E-state index contributed by atoms with van der Waals surface area (Å²) in [5.41, 5.74) is 0.996. The first-order chi connectivity index (χ1) is 8.54. The first kappa shape index (κ1) is 13.1. The maximum Gasteiger partial charge on any atom is 0.239 e. The minimum absolute atomic E-state index is 0.0900. The van der Waals surface area contributed by atoms with Crippen molar-refractivity contribution in [1.82, 2.24) is 10.2 Å². The van der Waals surface area contributed by atoms with E-state index < -0.39 is 6.04 Å². The summed E-state index contributed by atoms with van der Waals surface area (Å²) in [5, 5.41) is 12.3. The summed E-state index contributed by atoms with van der Waals surface area (Å²) in [6.07, 6.45) is 0. The predicted molar refractivity (Wildman–Crippen MR) is 69.9 cm³/mol. The summed E-state index contributed by atoms with van der Waals surface area (Å²) in [6, 6.07) is 9.56.